The summed E-state index contributed by atoms with van der Waals surface area (Å²) < 4.78 is 34.1. The number of hydrogen-bond donors (Lipinski definition) is 1. The Morgan fingerprint density at radius 2 is 2.00 bits per heavy atom. The molecule has 0 unspecified atom stereocenters. The van der Waals surface area contributed by atoms with Crippen LogP contribution in [0.4, 0.5) is 8.78 Å². The lowest BCUT2D eigenvalue weighted by atomic mass is 10.1. The number of rotatable bonds is 5. The highest BCUT2D eigenvalue weighted by molar-refractivity contribution is 5.95. The summed E-state index contributed by atoms with van der Waals surface area (Å²) in [4.78, 5) is 12.5. The molecule has 6 heteroatoms. The molecular weight excluding hydrogens is 316 g/mol. The van der Waals surface area contributed by atoms with E-state index in [2.05, 4.69) is 16.1 Å². The van der Waals surface area contributed by atoms with Crippen molar-refractivity contribution < 1.29 is 23.0 Å². The summed E-state index contributed by atoms with van der Waals surface area (Å²) in [5, 5.41) is 2.98. The Hall–Kier alpha value is -2.63. The van der Waals surface area contributed by atoms with Gasteiger partial charge in [-0.15, -0.1) is 0 Å². The van der Waals surface area contributed by atoms with Gasteiger partial charge in [-0.25, -0.2) is 0 Å². The number of hydrogen-bond acceptors (Lipinski definition) is 3. The fourth-order valence-electron chi connectivity index (χ4n) is 2.95. The predicted molar refractivity (Wildman–Crippen MR) is 84.6 cm³/mol. The maximum Gasteiger partial charge on any atom is 0.387 e. The van der Waals surface area contributed by atoms with Crippen molar-refractivity contribution in [3.63, 3.8) is 0 Å². The number of amides is 1. The van der Waals surface area contributed by atoms with Crippen LogP contribution in [0.2, 0.25) is 0 Å². The van der Waals surface area contributed by atoms with Gasteiger partial charge in [0.15, 0.2) is 11.5 Å². The fraction of sp³-hybridized carbons (Fsp3) is 0.278. The Morgan fingerprint density at radius 3 is 2.75 bits per heavy atom. The smallest absolute Gasteiger partial charge is 0.387 e. The van der Waals surface area contributed by atoms with E-state index in [-0.39, 0.29) is 23.4 Å². The summed E-state index contributed by atoms with van der Waals surface area (Å²) in [5.41, 5.74) is 2.69. The number of nitrogens with one attached hydrogen (secondary N) is 1. The second-order valence-corrected chi connectivity index (χ2v) is 5.51. The minimum Gasteiger partial charge on any atom is -0.493 e. The van der Waals surface area contributed by atoms with Gasteiger partial charge in [0.2, 0.25) is 0 Å². The van der Waals surface area contributed by atoms with Crippen molar-refractivity contribution in [3.8, 4) is 11.5 Å². The molecule has 24 heavy (non-hydrogen) atoms. The zero-order valence-corrected chi connectivity index (χ0v) is 13.1. The summed E-state index contributed by atoms with van der Waals surface area (Å²) in [6, 6.07) is 12.1. The first-order chi connectivity index (χ1) is 11.6. The molecule has 0 radical (unpaired) electrons. The normalized spacial score (nSPS) is 15.9. The Morgan fingerprint density at radius 1 is 1.21 bits per heavy atom. The van der Waals surface area contributed by atoms with Crippen LogP contribution in [-0.2, 0) is 6.42 Å². The first-order valence-electron chi connectivity index (χ1n) is 7.60. The van der Waals surface area contributed by atoms with Crippen LogP contribution in [0.25, 0.3) is 0 Å². The number of ether oxygens (including phenoxy) is 2. The molecule has 0 fully saturated rings. The van der Waals surface area contributed by atoms with Crippen LogP contribution in [0.15, 0.2) is 42.5 Å². The first-order valence-corrected chi connectivity index (χ1v) is 7.60. The number of halogens is 2. The van der Waals surface area contributed by atoms with Crippen LogP contribution in [0.3, 0.4) is 0 Å². The van der Waals surface area contributed by atoms with E-state index in [9.17, 15) is 13.6 Å². The molecule has 0 saturated heterocycles. The van der Waals surface area contributed by atoms with E-state index < -0.39 is 6.61 Å². The molecule has 0 aromatic heterocycles. The quantitative estimate of drug-likeness (QED) is 0.907. The van der Waals surface area contributed by atoms with Crippen molar-refractivity contribution >= 4 is 5.91 Å². The van der Waals surface area contributed by atoms with E-state index in [0.717, 1.165) is 18.4 Å². The van der Waals surface area contributed by atoms with Crippen molar-refractivity contribution in [2.45, 2.75) is 25.5 Å². The third kappa shape index (κ3) is 3.32. The molecule has 0 aliphatic heterocycles. The molecule has 1 atom stereocenters. The van der Waals surface area contributed by atoms with Gasteiger partial charge in [0.05, 0.1) is 13.2 Å². The molecule has 2 aromatic rings. The number of methoxy groups -OCH3 is 1. The highest BCUT2D eigenvalue weighted by atomic mass is 19.3. The molecule has 3 rings (SSSR count). The molecule has 1 aliphatic carbocycles. The zero-order valence-electron chi connectivity index (χ0n) is 13.1. The number of fused-ring (bicyclic) bond motifs is 1. The third-order valence-corrected chi connectivity index (χ3v) is 4.08. The highest BCUT2D eigenvalue weighted by Gasteiger charge is 2.24. The van der Waals surface area contributed by atoms with Crippen molar-refractivity contribution in [2.24, 2.45) is 0 Å². The molecule has 1 amide bonds. The topological polar surface area (TPSA) is 47.6 Å². The largest absolute Gasteiger partial charge is 0.493 e. The van der Waals surface area contributed by atoms with Crippen molar-refractivity contribution in [1.29, 1.82) is 0 Å². The minimum absolute atomic E-state index is 0.0447. The summed E-state index contributed by atoms with van der Waals surface area (Å²) in [6.45, 7) is -2.95. The van der Waals surface area contributed by atoms with Crippen LogP contribution < -0.4 is 14.8 Å². The summed E-state index contributed by atoms with van der Waals surface area (Å²) in [6.07, 6.45) is 1.76. The highest BCUT2D eigenvalue weighted by Crippen LogP contribution is 2.32. The number of carbonyl (C=O) groups is 1. The molecular formula is C18H17F2NO3. The lowest BCUT2D eigenvalue weighted by Gasteiger charge is -2.15. The molecule has 2 aromatic carbocycles. The molecule has 1 N–H and O–H groups in total. The molecule has 4 nitrogen and oxygen atoms in total. The Bertz CT molecular complexity index is 749. The molecule has 0 spiro atoms. The number of carbonyl (C=O) groups excluding carboxylic acids is 1. The molecule has 0 saturated carbocycles. The van der Waals surface area contributed by atoms with Gasteiger partial charge in [0.1, 0.15) is 0 Å². The number of alkyl halides is 2. The van der Waals surface area contributed by atoms with Crippen LogP contribution >= 0.6 is 0 Å². The van der Waals surface area contributed by atoms with Crippen LogP contribution in [0.1, 0.15) is 33.9 Å². The lowest BCUT2D eigenvalue weighted by Crippen LogP contribution is -2.27. The lowest BCUT2D eigenvalue weighted by molar-refractivity contribution is -0.0512. The van der Waals surface area contributed by atoms with E-state index in [1.165, 1.54) is 30.9 Å². The van der Waals surface area contributed by atoms with E-state index in [1.54, 1.807) is 0 Å². The van der Waals surface area contributed by atoms with Gasteiger partial charge in [0, 0.05) is 5.56 Å². The SMILES string of the molecule is COc1cc(C(=O)N[C@@H]2CCc3ccccc32)ccc1OC(F)F. The molecule has 126 valence electrons. The summed E-state index contributed by atoms with van der Waals surface area (Å²) in [7, 11) is 1.34. The Kier molecular flexibility index (Phi) is 4.64. The van der Waals surface area contributed by atoms with E-state index in [4.69, 9.17) is 4.74 Å². The average molecular weight is 333 g/mol. The predicted octanol–water partition coefficient (Wildman–Crippen LogP) is 3.71. The van der Waals surface area contributed by atoms with Crippen LogP contribution in [0.5, 0.6) is 11.5 Å². The average Bonchev–Trinajstić information content (AvgIpc) is 2.98. The number of benzene rings is 2. The van der Waals surface area contributed by atoms with Crippen molar-refractivity contribution in [3.05, 3.63) is 59.2 Å². The molecule has 0 bridgehead atoms. The maximum absolute atomic E-state index is 12.5. The van der Waals surface area contributed by atoms with Crippen molar-refractivity contribution in [2.75, 3.05) is 7.11 Å². The second-order valence-electron chi connectivity index (χ2n) is 5.51. The fourth-order valence-corrected chi connectivity index (χ4v) is 2.95. The van der Waals surface area contributed by atoms with Gasteiger partial charge in [-0.3, -0.25) is 4.79 Å². The molecule has 0 heterocycles. The monoisotopic (exact) mass is 333 g/mol. The third-order valence-electron chi connectivity index (χ3n) is 4.08. The van der Waals surface area contributed by atoms with Gasteiger partial charge in [0.25, 0.3) is 5.91 Å². The van der Waals surface area contributed by atoms with Gasteiger partial charge in [-0.2, -0.15) is 8.78 Å². The van der Waals surface area contributed by atoms with E-state index in [0.29, 0.717) is 5.56 Å². The van der Waals surface area contributed by atoms with Crippen molar-refractivity contribution in [1.82, 2.24) is 5.32 Å². The van der Waals surface area contributed by atoms with Gasteiger partial charge in [-0.1, -0.05) is 24.3 Å². The van der Waals surface area contributed by atoms with Gasteiger partial charge in [-0.05, 0) is 42.2 Å². The summed E-state index contributed by atoms with van der Waals surface area (Å²) in [5.74, 6) is -0.288. The molecule has 1 aliphatic rings. The second kappa shape index (κ2) is 6.86. The first kappa shape index (κ1) is 16.2. The van der Waals surface area contributed by atoms with Gasteiger partial charge < -0.3 is 14.8 Å². The Labute approximate surface area is 138 Å². The number of aryl methyl sites for hydroxylation is 1. The zero-order chi connectivity index (χ0) is 17.1. The van der Waals surface area contributed by atoms with E-state index in [1.807, 2.05) is 18.2 Å². The van der Waals surface area contributed by atoms with E-state index >= 15 is 0 Å². The standard InChI is InChI=1S/C18H17F2NO3/c1-23-16-10-12(7-9-15(16)24-18(19)20)17(22)21-14-8-6-11-4-2-3-5-13(11)14/h2-5,7,9-10,14,18H,6,8H2,1H3,(H,21,22)/t14-/m1/s1. The Balaban J connectivity index is 1.76. The maximum atomic E-state index is 12.5. The van der Waals surface area contributed by atoms with Gasteiger partial charge >= 0.3 is 6.61 Å². The van der Waals surface area contributed by atoms with Crippen LogP contribution in [-0.4, -0.2) is 19.6 Å². The van der Waals surface area contributed by atoms with Crippen LogP contribution in [0, 0.1) is 0 Å². The summed E-state index contributed by atoms with van der Waals surface area (Å²) >= 11 is 0. The minimum atomic E-state index is -2.95.